The van der Waals surface area contributed by atoms with E-state index in [1.54, 1.807) is 0 Å². The van der Waals surface area contributed by atoms with Crippen LogP contribution >= 0.6 is 0 Å². The molecule has 5 nitrogen and oxygen atoms in total. The summed E-state index contributed by atoms with van der Waals surface area (Å²) in [6.07, 6.45) is 0.855. The van der Waals surface area contributed by atoms with Gasteiger partial charge < -0.3 is 10.6 Å². The first kappa shape index (κ1) is 17.2. The number of nitrogens with one attached hydrogen (secondary N) is 3. The van der Waals surface area contributed by atoms with E-state index in [1.807, 2.05) is 0 Å². The lowest BCUT2D eigenvalue weighted by Gasteiger charge is -2.37. The van der Waals surface area contributed by atoms with Crippen molar-refractivity contribution in [1.29, 1.82) is 0 Å². The Hall–Kier alpha value is -2.87. The number of anilines is 1. The zero-order valence-electron chi connectivity index (χ0n) is 14.7. The van der Waals surface area contributed by atoms with Crippen molar-refractivity contribution < 1.29 is 13.2 Å². The molecule has 1 fully saturated rings. The molecule has 3 heterocycles. The molecule has 1 saturated heterocycles. The van der Waals surface area contributed by atoms with Gasteiger partial charge in [0.25, 0.3) is 5.56 Å². The molecule has 28 heavy (non-hydrogen) atoms. The summed E-state index contributed by atoms with van der Waals surface area (Å²) in [5.41, 5.74) is 0.715. The zero-order chi connectivity index (χ0) is 19.4. The van der Waals surface area contributed by atoms with Crippen LogP contribution in [0.3, 0.4) is 0 Å². The molecular weight excluding hydrogens is 369 g/mol. The second-order valence-electron chi connectivity index (χ2n) is 7.38. The number of aromatic nitrogens is 2. The van der Waals surface area contributed by atoms with Crippen LogP contribution in [0, 0.1) is 23.4 Å². The van der Waals surface area contributed by atoms with Gasteiger partial charge in [0.2, 0.25) is 0 Å². The van der Waals surface area contributed by atoms with Gasteiger partial charge in [0.1, 0.15) is 17.5 Å². The van der Waals surface area contributed by atoms with E-state index in [0.717, 1.165) is 25.1 Å². The Morgan fingerprint density at radius 2 is 1.93 bits per heavy atom. The van der Waals surface area contributed by atoms with E-state index in [2.05, 4.69) is 20.8 Å². The third-order valence-electron chi connectivity index (χ3n) is 5.76. The van der Waals surface area contributed by atoms with E-state index in [1.165, 1.54) is 18.2 Å². The SMILES string of the molecule is O=c1[nH]nc2c3c(cc(F)cc13)NC(C1CCNC1)C2c1ccc(F)cc1F. The summed E-state index contributed by atoms with van der Waals surface area (Å²) in [5.74, 6) is -2.29. The molecule has 144 valence electrons. The van der Waals surface area contributed by atoms with Crippen LogP contribution in [0.15, 0.2) is 35.1 Å². The summed E-state index contributed by atoms with van der Waals surface area (Å²) >= 11 is 0. The Labute approximate surface area is 158 Å². The second kappa shape index (κ2) is 6.34. The molecule has 8 heteroatoms. The Balaban J connectivity index is 1.79. The van der Waals surface area contributed by atoms with Crippen molar-refractivity contribution in [2.45, 2.75) is 18.4 Å². The number of halogens is 3. The highest BCUT2D eigenvalue weighted by Gasteiger charge is 2.40. The number of rotatable bonds is 2. The first-order valence-corrected chi connectivity index (χ1v) is 9.17. The van der Waals surface area contributed by atoms with Gasteiger partial charge in [-0.1, -0.05) is 6.07 Å². The van der Waals surface area contributed by atoms with Gasteiger partial charge in [-0.2, -0.15) is 5.10 Å². The van der Waals surface area contributed by atoms with Crippen molar-refractivity contribution in [3.63, 3.8) is 0 Å². The highest BCUT2D eigenvalue weighted by atomic mass is 19.1. The Kier molecular flexibility index (Phi) is 3.90. The highest BCUT2D eigenvalue weighted by molar-refractivity contribution is 5.97. The van der Waals surface area contributed by atoms with Gasteiger partial charge in [0.05, 0.1) is 17.0 Å². The Morgan fingerprint density at radius 1 is 1.07 bits per heavy atom. The molecule has 2 aliphatic rings. The van der Waals surface area contributed by atoms with Gasteiger partial charge >= 0.3 is 0 Å². The number of nitrogens with zero attached hydrogens (tertiary/aromatic N) is 1. The molecule has 5 rings (SSSR count). The van der Waals surface area contributed by atoms with E-state index in [0.29, 0.717) is 28.9 Å². The third-order valence-corrected chi connectivity index (χ3v) is 5.76. The average molecular weight is 386 g/mol. The van der Waals surface area contributed by atoms with Crippen molar-refractivity contribution in [3.05, 3.63) is 69.4 Å². The molecule has 0 aliphatic carbocycles. The molecule has 1 aromatic heterocycles. The van der Waals surface area contributed by atoms with Crippen molar-refractivity contribution >= 4 is 16.5 Å². The average Bonchev–Trinajstić information content (AvgIpc) is 3.19. The van der Waals surface area contributed by atoms with Crippen molar-refractivity contribution in [3.8, 4) is 0 Å². The quantitative estimate of drug-likeness (QED) is 0.634. The van der Waals surface area contributed by atoms with Crippen LogP contribution in [-0.4, -0.2) is 29.3 Å². The van der Waals surface area contributed by atoms with Crippen LogP contribution in [0.4, 0.5) is 18.9 Å². The van der Waals surface area contributed by atoms with Crippen LogP contribution in [-0.2, 0) is 0 Å². The molecule has 0 bridgehead atoms. The first-order valence-electron chi connectivity index (χ1n) is 9.17. The predicted molar refractivity (Wildman–Crippen MR) is 98.9 cm³/mol. The first-order chi connectivity index (χ1) is 13.5. The van der Waals surface area contributed by atoms with E-state index in [4.69, 9.17) is 0 Å². The lowest BCUT2D eigenvalue weighted by molar-refractivity contribution is 0.425. The number of benzene rings is 2. The topological polar surface area (TPSA) is 69.8 Å². The van der Waals surface area contributed by atoms with E-state index in [-0.39, 0.29) is 17.3 Å². The van der Waals surface area contributed by atoms with Crippen LogP contribution < -0.4 is 16.2 Å². The van der Waals surface area contributed by atoms with E-state index in [9.17, 15) is 18.0 Å². The number of hydrogen-bond acceptors (Lipinski definition) is 4. The standard InChI is InChI=1S/C20H17F3N4O/c21-10-1-2-12(14(23)6-10)17-18(9-3-4-24-8-9)25-15-7-11(22)5-13-16(15)19(17)26-27-20(13)28/h1-2,5-7,9,17-18,24-25H,3-4,8H2,(H,27,28). The van der Waals surface area contributed by atoms with Crippen molar-refractivity contribution in [2.75, 3.05) is 18.4 Å². The highest BCUT2D eigenvalue weighted by Crippen LogP contribution is 2.44. The molecule has 3 unspecified atom stereocenters. The summed E-state index contributed by atoms with van der Waals surface area (Å²) in [6.45, 7) is 1.54. The third kappa shape index (κ3) is 2.59. The monoisotopic (exact) mass is 386 g/mol. The molecule has 3 aromatic rings. The maximum atomic E-state index is 14.8. The maximum absolute atomic E-state index is 14.8. The van der Waals surface area contributed by atoms with Gasteiger partial charge in [-0.15, -0.1) is 0 Å². The molecular formula is C20H17F3N4O. The van der Waals surface area contributed by atoms with Gasteiger partial charge in [-0.05, 0) is 49.2 Å². The van der Waals surface area contributed by atoms with Crippen molar-refractivity contribution in [2.24, 2.45) is 5.92 Å². The molecule has 3 atom stereocenters. The fraction of sp³-hybridized carbons (Fsp3) is 0.300. The van der Waals surface area contributed by atoms with Crippen molar-refractivity contribution in [1.82, 2.24) is 15.5 Å². The summed E-state index contributed by atoms with van der Waals surface area (Å²) in [7, 11) is 0. The lowest BCUT2D eigenvalue weighted by Crippen LogP contribution is -2.41. The number of aromatic amines is 1. The van der Waals surface area contributed by atoms with Gasteiger partial charge in [0.15, 0.2) is 0 Å². The zero-order valence-corrected chi connectivity index (χ0v) is 14.7. The van der Waals surface area contributed by atoms with E-state index < -0.39 is 28.9 Å². The van der Waals surface area contributed by atoms with Crippen LogP contribution in [0.1, 0.15) is 23.6 Å². The fourth-order valence-electron chi connectivity index (χ4n) is 4.53. The minimum absolute atomic E-state index is 0.134. The minimum Gasteiger partial charge on any atom is -0.380 e. The second-order valence-corrected chi connectivity index (χ2v) is 7.38. The summed E-state index contributed by atoms with van der Waals surface area (Å²) in [4.78, 5) is 12.2. The van der Waals surface area contributed by atoms with Gasteiger partial charge in [-0.3, -0.25) is 4.79 Å². The van der Waals surface area contributed by atoms with Gasteiger partial charge in [0, 0.05) is 23.2 Å². The molecule has 2 aromatic carbocycles. The summed E-state index contributed by atoms with van der Waals surface area (Å²) in [6, 6.07) is 5.68. The number of hydrogen-bond donors (Lipinski definition) is 3. The van der Waals surface area contributed by atoms with E-state index >= 15 is 0 Å². The number of H-pyrrole nitrogens is 1. The van der Waals surface area contributed by atoms with Crippen LogP contribution in [0.25, 0.3) is 10.8 Å². The smallest absolute Gasteiger partial charge is 0.272 e. The lowest BCUT2D eigenvalue weighted by atomic mass is 9.77. The molecule has 3 N–H and O–H groups in total. The maximum Gasteiger partial charge on any atom is 0.272 e. The van der Waals surface area contributed by atoms with Crippen LogP contribution in [0.5, 0.6) is 0 Å². The molecule has 2 aliphatic heterocycles. The molecule has 0 radical (unpaired) electrons. The Morgan fingerprint density at radius 3 is 2.68 bits per heavy atom. The fourth-order valence-corrected chi connectivity index (χ4v) is 4.53. The molecule has 0 amide bonds. The molecule has 0 saturated carbocycles. The normalized spacial score (nSPS) is 23.8. The summed E-state index contributed by atoms with van der Waals surface area (Å²) in [5, 5.41) is 13.9. The minimum atomic E-state index is -0.672. The Bertz CT molecular complexity index is 1140. The predicted octanol–water partition coefficient (Wildman–Crippen LogP) is 2.88. The largest absolute Gasteiger partial charge is 0.380 e. The molecule has 0 spiro atoms. The van der Waals surface area contributed by atoms with Gasteiger partial charge in [-0.25, -0.2) is 18.3 Å². The summed E-state index contributed by atoms with van der Waals surface area (Å²) < 4.78 is 42.4. The van der Waals surface area contributed by atoms with Crippen LogP contribution in [0.2, 0.25) is 0 Å².